The zero-order valence-corrected chi connectivity index (χ0v) is 10.1. The lowest BCUT2D eigenvalue weighted by Gasteiger charge is -1.95. The fourth-order valence-electron chi connectivity index (χ4n) is 0.773. The minimum Gasteiger partial charge on any atom is -0.254 e. The number of hydrogen-bond donors (Lipinski definition) is 0. The summed E-state index contributed by atoms with van der Waals surface area (Å²) in [6.07, 6.45) is 3.25. The Morgan fingerprint density at radius 3 is 2.46 bits per heavy atom. The molecule has 70 valence electrons. The maximum Gasteiger partial charge on any atom is 0.105 e. The van der Waals surface area contributed by atoms with Gasteiger partial charge in [0, 0.05) is 10.7 Å². The van der Waals surface area contributed by atoms with Crippen LogP contribution >= 0.6 is 27.5 Å². The van der Waals surface area contributed by atoms with Gasteiger partial charge >= 0.3 is 0 Å². The molecule has 0 saturated carbocycles. The van der Waals surface area contributed by atoms with Crippen LogP contribution in [0.4, 0.5) is 0 Å². The van der Waals surface area contributed by atoms with E-state index in [-0.39, 0.29) is 0 Å². The van der Waals surface area contributed by atoms with Crippen LogP contribution in [0.5, 0.6) is 0 Å². The molecule has 0 bridgehead atoms. The SMILES string of the molecule is CS(=O)C(Cl)=Cc1ccc(Br)cc1. The zero-order valence-electron chi connectivity index (χ0n) is 6.96. The third-order valence-electron chi connectivity index (χ3n) is 1.42. The van der Waals surface area contributed by atoms with Gasteiger partial charge in [-0.2, -0.15) is 0 Å². The van der Waals surface area contributed by atoms with Gasteiger partial charge in [0.25, 0.3) is 0 Å². The van der Waals surface area contributed by atoms with Gasteiger partial charge in [-0.05, 0) is 23.8 Å². The molecule has 0 aliphatic carbocycles. The van der Waals surface area contributed by atoms with E-state index in [1.807, 2.05) is 24.3 Å². The minimum absolute atomic E-state index is 0.363. The van der Waals surface area contributed by atoms with Gasteiger partial charge in [-0.3, -0.25) is 4.21 Å². The highest BCUT2D eigenvalue weighted by molar-refractivity contribution is 9.10. The largest absolute Gasteiger partial charge is 0.254 e. The van der Waals surface area contributed by atoms with E-state index < -0.39 is 10.8 Å². The van der Waals surface area contributed by atoms with Crippen molar-refractivity contribution >= 4 is 44.4 Å². The molecule has 1 aromatic carbocycles. The van der Waals surface area contributed by atoms with Crippen LogP contribution in [-0.4, -0.2) is 10.5 Å². The molecular formula is C9H8BrClOS. The Hall–Kier alpha value is -0.120. The van der Waals surface area contributed by atoms with Gasteiger partial charge in [0.05, 0.1) is 10.8 Å². The van der Waals surface area contributed by atoms with E-state index in [9.17, 15) is 4.21 Å². The van der Waals surface area contributed by atoms with Gasteiger partial charge in [-0.25, -0.2) is 0 Å². The van der Waals surface area contributed by atoms with E-state index >= 15 is 0 Å². The van der Waals surface area contributed by atoms with Crippen molar-refractivity contribution in [3.05, 3.63) is 38.7 Å². The number of hydrogen-bond acceptors (Lipinski definition) is 1. The molecule has 0 N–H and O–H groups in total. The quantitative estimate of drug-likeness (QED) is 0.811. The highest BCUT2D eigenvalue weighted by atomic mass is 79.9. The molecule has 0 saturated heterocycles. The normalized spacial score (nSPS) is 14.2. The van der Waals surface area contributed by atoms with Crippen LogP contribution in [0.1, 0.15) is 5.56 Å². The summed E-state index contributed by atoms with van der Waals surface area (Å²) >= 11 is 9.07. The predicted molar refractivity (Wildman–Crippen MR) is 62.0 cm³/mol. The lowest BCUT2D eigenvalue weighted by molar-refractivity contribution is 0.691. The summed E-state index contributed by atoms with van der Waals surface area (Å²) in [4.78, 5) is 0. The van der Waals surface area contributed by atoms with E-state index in [1.165, 1.54) is 0 Å². The van der Waals surface area contributed by atoms with Crippen molar-refractivity contribution in [3.8, 4) is 0 Å². The Kier molecular flexibility index (Phi) is 4.16. The molecule has 0 radical (unpaired) electrons. The van der Waals surface area contributed by atoms with Crippen molar-refractivity contribution in [2.75, 3.05) is 6.26 Å². The predicted octanol–water partition coefficient (Wildman–Crippen LogP) is 3.36. The Balaban J connectivity index is 2.92. The molecule has 13 heavy (non-hydrogen) atoms. The average molecular weight is 280 g/mol. The Morgan fingerprint density at radius 2 is 2.00 bits per heavy atom. The molecule has 0 aliphatic heterocycles. The number of rotatable bonds is 2. The Bertz CT molecular complexity index is 345. The van der Waals surface area contributed by atoms with Crippen LogP contribution < -0.4 is 0 Å². The van der Waals surface area contributed by atoms with Crippen LogP contribution in [0.3, 0.4) is 0 Å². The van der Waals surface area contributed by atoms with Crippen molar-refractivity contribution in [2.24, 2.45) is 0 Å². The van der Waals surface area contributed by atoms with Crippen LogP contribution in [0, 0.1) is 0 Å². The fraction of sp³-hybridized carbons (Fsp3) is 0.111. The summed E-state index contributed by atoms with van der Waals surface area (Å²) in [5, 5.41) is 0. The Morgan fingerprint density at radius 1 is 1.46 bits per heavy atom. The summed E-state index contributed by atoms with van der Waals surface area (Å²) in [5.74, 6) is 0. The molecule has 0 amide bonds. The summed E-state index contributed by atoms with van der Waals surface area (Å²) in [5.41, 5.74) is 0.948. The van der Waals surface area contributed by atoms with Gasteiger partial charge < -0.3 is 0 Å². The zero-order chi connectivity index (χ0) is 9.84. The second kappa shape index (κ2) is 4.94. The highest BCUT2D eigenvalue weighted by Crippen LogP contribution is 2.15. The van der Waals surface area contributed by atoms with Crippen molar-refractivity contribution < 1.29 is 4.21 Å². The molecule has 1 atom stereocenters. The maximum absolute atomic E-state index is 10.9. The monoisotopic (exact) mass is 278 g/mol. The Labute approximate surface area is 93.4 Å². The van der Waals surface area contributed by atoms with Crippen molar-refractivity contribution in [1.29, 1.82) is 0 Å². The first-order valence-electron chi connectivity index (χ1n) is 3.56. The topological polar surface area (TPSA) is 17.1 Å². The maximum atomic E-state index is 10.9. The molecule has 4 heteroatoms. The van der Waals surface area contributed by atoms with E-state index in [1.54, 1.807) is 12.3 Å². The van der Waals surface area contributed by atoms with E-state index in [4.69, 9.17) is 11.6 Å². The van der Waals surface area contributed by atoms with Crippen LogP contribution in [0.25, 0.3) is 6.08 Å². The molecule has 0 spiro atoms. The third kappa shape index (κ3) is 3.63. The highest BCUT2D eigenvalue weighted by Gasteiger charge is 1.97. The van der Waals surface area contributed by atoms with E-state index in [0.29, 0.717) is 4.36 Å². The molecule has 0 heterocycles. The van der Waals surface area contributed by atoms with Crippen LogP contribution in [0.2, 0.25) is 0 Å². The molecule has 0 aromatic heterocycles. The van der Waals surface area contributed by atoms with Crippen LogP contribution in [-0.2, 0) is 10.8 Å². The van der Waals surface area contributed by atoms with Crippen molar-refractivity contribution in [1.82, 2.24) is 0 Å². The van der Waals surface area contributed by atoms with Gasteiger partial charge in [-0.1, -0.05) is 39.7 Å². The molecule has 1 nitrogen and oxygen atoms in total. The third-order valence-corrected chi connectivity index (χ3v) is 3.38. The molecule has 1 unspecified atom stereocenters. The number of halogens is 2. The number of benzene rings is 1. The summed E-state index contributed by atoms with van der Waals surface area (Å²) in [6.45, 7) is 0. The van der Waals surface area contributed by atoms with E-state index in [2.05, 4.69) is 15.9 Å². The average Bonchev–Trinajstić information content (AvgIpc) is 2.08. The molecular weight excluding hydrogens is 272 g/mol. The van der Waals surface area contributed by atoms with Gasteiger partial charge in [0.1, 0.15) is 4.36 Å². The van der Waals surface area contributed by atoms with Gasteiger partial charge in [-0.15, -0.1) is 0 Å². The summed E-state index contributed by atoms with van der Waals surface area (Å²) in [6, 6.07) is 7.63. The van der Waals surface area contributed by atoms with Gasteiger partial charge in [0.15, 0.2) is 0 Å². The van der Waals surface area contributed by atoms with Crippen molar-refractivity contribution in [2.45, 2.75) is 0 Å². The summed E-state index contributed by atoms with van der Waals surface area (Å²) < 4.78 is 12.3. The summed E-state index contributed by atoms with van der Waals surface area (Å²) in [7, 11) is -1.10. The molecule has 0 aliphatic rings. The van der Waals surface area contributed by atoms with Gasteiger partial charge in [0.2, 0.25) is 0 Å². The molecule has 1 rings (SSSR count). The van der Waals surface area contributed by atoms with E-state index in [0.717, 1.165) is 10.0 Å². The first-order chi connectivity index (χ1) is 6.09. The van der Waals surface area contributed by atoms with Crippen molar-refractivity contribution in [3.63, 3.8) is 0 Å². The second-order valence-electron chi connectivity index (χ2n) is 2.45. The fourth-order valence-corrected chi connectivity index (χ4v) is 1.47. The minimum atomic E-state index is -1.10. The second-order valence-corrected chi connectivity index (χ2v) is 5.35. The molecule has 1 aromatic rings. The first-order valence-corrected chi connectivity index (χ1v) is 6.28. The lowest BCUT2D eigenvalue weighted by Crippen LogP contribution is -1.83. The first kappa shape index (κ1) is 11.0. The standard InChI is InChI=1S/C9H8BrClOS/c1-13(12)9(11)6-7-2-4-8(10)5-3-7/h2-6H,1H3. The molecule has 0 fully saturated rings. The van der Waals surface area contributed by atoms with Crippen LogP contribution in [0.15, 0.2) is 33.1 Å². The smallest absolute Gasteiger partial charge is 0.105 e. The lowest BCUT2D eigenvalue weighted by atomic mass is 10.2.